The molecular weight excluding hydrogens is 331 g/mol. The monoisotopic (exact) mass is 338 g/mol. The summed E-state index contributed by atoms with van der Waals surface area (Å²) in [4.78, 5) is 12.5. The van der Waals surface area contributed by atoms with Crippen LogP contribution in [0.25, 0.3) is 0 Å². The zero-order valence-electron chi connectivity index (χ0n) is 8.04. The highest BCUT2D eigenvalue weighted by Crippen LogP contribution is 2.26. The Labute approximate surface area is 105 Å². The smallest absolute Gasteiger partial charge is 0.414 e. The molecule has 1 amide bonds. The minimum Gasteiger partial charge on any atom is -0.444 e. The van der Waals surface area contributed by atoms with Crippen LogP contribution < -0.4 is 4.90 Å². The standard InChI is InChI=1S/C10H7F2INO2/c1-5-4-14(10(15)16-5)6-2-7(11)9(13)8(12)3-6/h2-3,5H,1,4H2/t5-/m1/s1. The lowest BCUT2D eigenvalue weighted by molar-refractivity contribution is 0.159. The van der Waals surface area contributed by atoms with Crippen molar-refractivity contribution in [3.05, 3.63) is 34.3 Å². The van der Waals surface area contributed by atoms with Gasteiger partial charge in [0.2, 0.25) is 0 Å². The average Bonchev–Trinajstić information content (AvgIpc) is 2.53. The van der Waals surface area contributed by atoms with E-state index in [1.807, 2.05) is 0 Å². The predicted molar refractivity (Wildman–Crippen MR) is 62.0 cm³/mol. The Morgan fingerprint density at radius 1 is 1.44 bits per heavy atom. The lowest BCUT2D eigenvalue weighted by Gasteiger charge is -2.13. The van der Waals surface area contributed by atoms with Gasteiger partial charge in [-0.15, -0.1) is 0 Å². The molecule has 1 saturated heterocycles. The SMILES string of the molecule is [CH2][C@@H]1CN(c2cc(F)c(I)c(F)c2)C(=O)O1. The van der Waals surface area contributed by atoms with E-state index in [9.17, 15) is 13.6 Å². The molecule has 1 heterocycles. The van der Waals surface area contributed by atoms with Crippen molar-refractivity contribution in [3.8, 4) is 0 Å². The molecule has 16 heavy (non-hydrogen) atoms. The van der Waals surface area contributed by atoms with Gasteiger partial charge in [0.15, 0.2) is 0 Å². The zero-order chi connectivity index (χ0) is 11.9. The number of hydrogen-bond donors (Lipinski definition) is 0. The number of benzene rings is 1. The molecule has 1 aliphatic rings. The summed E-state index contributed by atoms with van der Waals surface area (Å²) in [7, 11) is 0. The minimum absolute atomic E-state index is 0.0971. The Morgan fingerprint density at radius 3 is 2.44 bits per heavy atom. The second-order valence-electron chi connectivity index (χ2n) is 3.34. The molecule has 1 aliphatic heterocycles. The first-order valence-electron chi connectivity index (χ1n) is 4.45. The van der Waals surface area contributed by atoms with E-state index >= 15 is 0 Å². The Balaban J connectivity index is 2.38. The molecule has 2 rings (SSSR count). The number of rotatable bonds is 1. The van der Waals surface area contributed by atoms with Gasteiger partial charge in [-0.25, -0.2) is 13.6 Å². The molecule has 0 aliphatic carbocycles. The first-order chi connectivity index (χ1) is 7.49. The third-order valence-electron chi connectivity index (χ3n) is 2.15. The van der Waals surface area contributed by atoms with Gasteiger partial charge in [0.25, 0.3) is 0 Å². The molecule has 1 aromatic carbocycles. The Morgan fingerprint density at radius 2 is 2.00 bits per heavy atom. The van der Waals surface area contributed by atoms with Crippen LogP contribution >= 0.6 is 22.6 Å². The largest absolute Gasteiger partial charge is 0.444 e. The molecule has 6 heteroatoms. The predicted octanol–water partition coefficient (Wildman–Crippen LogP) is 2.73. The fourth-order valence-electron chi connectivity index (χ4n) is 1.43. The van der Waals surface area contributed by atoms with Crippen molar-refractivity contribution in [1.29, 1.82) is 0 Å². The van der Waals surface area contributed by atoms with Crippen LogP contribution in [0.5, 0.6) is 0 Å². The van der Waals surface area contributed by atoms with E-state index in [1.54, 1.807) is 22.6 Å². The first kappa shape index (κ1) is 11.6. The van der Waals surface area contributed by atoms with Crippen molar-refractivity contribution >= 4 is 34.4 Å². The summed E-state index contributed by atoms with van der Waals surface area (Å²) in [5.41, 5.74) is 0.145. The van der Waals surface area contributed by atoms with Gasteiger partial charge in [0, 0.05) is 0 Å². The van der Waals surface area contributed by atoms with Gasteiger partial charge in [0.1, 0.15) is 17.7 Å². The second-order valence-corrected chi connectivity index (χ2v) is 4.42. The quantitative estimate of drug-likeness (QED) is 0.582. The number of carbonyl (C=O) groups excluding carboxylic acids is 1. The maximum absolute atomic E-state index is 13.3. The molecule has 1 aromatic rings. The van der Waals surface area contributed by atoms with Gasteiger partial charge in [-0.05, 0) is 41.6 Å². The maximum atomic E-state index is 13.3. The van der Waals surface area contributed by atoms with Gasteiger partial charge < -0.3 is 4.74 Å². The van der Waals surface area contributed by atoms with Crippen molar-refractivity contribution in [2.75, 3.05) is 11.4 Å². The summed E-state index contributed by atoms with van der Waals surface area (Å²) in [5, 5.41) is 0. The van der Waals surface area contributed by atoms with Crippen LogP contribution in [0.2, 0.25) is 0 Å². The molecule has 0 bridgehead atoms. The van der Waals surface area contributed by atoms with E-state index < -0.39 is 23.8 Å². The normalized spacial score (nSPS) is 20.1. The van der Waals surface area contributed by atoms with Crippen LogP contribution in [0.4, 0.5) is 19.3 Å². The van der Waals surface area contributed by atoms with Crippen LogP contribution in [0.15, 0.2) is 12.1 Å². The molecule has 3 nitrogen and oxygen atoms in total. The highest BCUT2D eigenvalue weighted by molar-refractivity contribution is 14.1. The number of cyclic esters (lactones) is 1. The third-order valence-corrected chi connectivity index (χ3v) is 3.18. The topological polar surface area (TPSA) is 29.5 Å². The minimum atomic E-state index is -0.698. The molecule has 85 valence electrons. The molecule has 1 radical (unpaired) electrons. The fraction of sp³-hybridized carbons (Fsp3) is 0.200. The molecule has 0 spiro atoms. The maximum Gasteiger partial charge on any atom is 0.414 e. The second kappa shape index (κ2) is 4.15. The molecule has 1 atom stereocenters. The van der Waals surface area contributed by atoms with Crippen LogP contribution in [-0.4, -0.2) is 18.7 Å². The molecule has 1 fully saturated rings. The van der Waals surface area contributed by atoms with E-state index in [4.69, 9.17) is 4.74 Å². The Hall–Kier alpha value is -0.920. The molecule has 0 saturated carbocycles. The van der Waals surface area contributed by atoms with Crippen molar-refractivity contribution in [2.24, 2.45) is 0 Å². The van der Waals surface area contributed by atoms with E-state index in [2.05, 4.69) is 6.92 Å². The summed E-state index contributed by atoms with van der Waals surface area (Å²) in [5.74, 6) is -1.40. The summed E-state index contributed by atoms with van der Waals surface area (Å²) in [6.45, 7) is 3.75. The Kier molecular flexibility index (Phi) is 3.00. The highest BCUT2D eigenvalue weighted by atomic mass is 127. The molecule has 0 N–H and O–H groups in total. The van der Waals surface area contributed by atoms with Gasteiger partial charge >= 0.3 is 6.09 Å². The highest BCUT2D eigenvalue weighted by Gasteiger charge is 2.30. The van der Waals surface area contributed by atoms with E-state index in [1.165, 1.54) is 0 Å². The van der Waals surface area contributed by atoms with Crippen LogP contribution in [0.1, 0.15) is 0 Å². The summed E-state index contributed by atoms with van der Waals surface area (Å²) < 4.78 is 31.2. The fourth-order valence-corrected chi connectivity index (χ4v) is 1.74. The third kappa shape index (κ3) is 1.98. The number of halogens is 3. The van der Waals surface area contributed by atoms with Crippen molar-refractivity contribution in [3.63, 3.8) is 0 Å². The van der Waals surface area contributed by atoms with E-state index in [0.717, 1.165) is 17.0 Å². The van der Waals surface area contributed by atoms with Crippen LogP contribution in [-0.2, 0) is 4.74 Å². The number of nitrogens with zero attached hydrogens (tertiary/aromatic N) is 1. The lowest BCUT2D eigenvalue weighted by atomic mass is 10.2. The van der Waals surface area contributed by atoms with Crippen molar-refractivity contribution in [1.82, 2.24) is 0 Å². The first-order valence-corrected chi connectivity index (χ1v) is 5.52. The average molecular weight is 338 g/mol. The van der Waals surface area contributed by atoms with Gasteiger partial charge in [0.05, 0.1) is 15.8 Å². The van der Waals surface area contributed by atoms with Gasteiger partial charge in [-0.1, -0.05) is 0 Å². The van der Waals surface area contributed by atoms with E-state index in [0.29, 0.717) is 0 Å². The number of hydrogen-bond acceptors (Lipinski definition) is 2. The molecular formula is C10H7F2INO2. The van der Waals surface area contributed by atoms with Crippen LogP contribution in [0, 0.1) is 22.1 Å². The molecule has 0 unspecified atom stereocenters. The van der Waals surface area contributed by atoms with Gasteiger partial charge in [-0.2, -0.15) is 0 Å². The number of anilines is 1. The van der Waals surface area contributed by atoms with Gasteiger partial charge in [-0.3, -0.25) is 4.90 Å². The lowest BCUT2D eigenvalue weighted by Crippen LogP contribution is -2.24. The van der Waals surface area contributed by atoms with Crippen LogP contribution in [0.3, 0.4) is 0 Å². The summed E-state index contributed by atoms with van der Waals surface area (Å²) >= 11 is 1.56. The summed E-state index contributed by atoms with van der Waals surface area (Å²) in [6, 6.07) is 2.20. The van der Waals surface area contributed by atoms with Crippen molar-refractivity contribution < 1.29 is 18.3 Å². The number of carbonyl (C=O) groups is 1. The zero-order valence-corrected chi connectivity index (χ0v) is 10.2. The molecule has 0 aromatic heterocycles. The van der Waals surface area contributed by atoms with E-state index in [-0.39, 0.29) is 15.8 Å². The number of ether oxygens (including phenoxy) is 1. The Bertz CT molecular complexity index is 429. The van der Waals surface area contributed by atoms with Crippen molar-refractivity contribution in [2.45, 2.75) is 6.10 Å². The summed E-state index contributed by atoms with van der Waals surface area (Å²) in [6.07, 6.45) is -1.15. The number of amides is 1.